The van der Waals surface area contributed by atoms with Gasteiger partial charge in [-0.25, -0.2) is 0 Å². The van der Waals surface area contributed by atoms with E-state index in [0.29, 0.717) is 0 Å². The molecule has 0 amide bonds. The normalized spacial score (nSPS) is 21.4. The van der Waals surface area contributed by atoms with Crippen LogP contribution in [-0.4, -0.2) is 0 Å². The number of rotatable bonds is 7. The van der Waals surface area contributed by atoms with E-state index >= 15 is 0 Å². The Balaban J connectivity index is 0.812. The lowest BCUT2D eigenvalue weighted by atomic mass is 9.43. The molecule has 4 fully saturated rings. The second-order valence-electron chi connectivity index (χ2n) is 18.9. The zero-order chi connectivity index (χ0) is 41.5. The topological polar surface area (TPSA) is 3.24 Å². The van der Waals surface area contributed by atoms with Crippen molar-refractivity contribution in [3.63, 3.8) is 0 Å². The predicted molar refractivity (Wildman–Crippen MR) is 264 cm³/mol. The molecule has 5 aliphatic rings. The van der Waals surface area contributed by atoms with Crippen LogP contribution in [0.2, 0.25) is 0 Å². The molecule has 1 nitrogen and oxygen atoms in total. The van der Waals surface area contributed by atoms with Crippen LogP contribution in [-0.2, 0) is 5.41 Å². The highest BCUT2D eigenvalue weighted by atomic mass is 15.1. The van der Waals surface area contributed by atoms with Gasteiger partial charge in [-0.3, -0.25) is 0 Å². The van der Waals surface area contributed by atoms with Crippen LogP contribution < -0.4 is 4.90 Å². The van der Waals surface area contributed by atoms with Gasteiger partial charge in [0.05, 0.1) is 0 Å². The highest BCUT2D eigenvalue weighted by molar-refractivity contribution is 5.97. The Kier molecular flexibility index (Phi) is 8.48. The molecular formula is C62H49N. The Morgan fingerprint density at radius 1 is 0.317 bits per heavy atom. The van der Waals surface area contributed by atoms with Crippen LogP contribution in [0.1, 0.15) is 43.2 Å². The molecule has 0 aromatic heterocycles. The van der Waals surface area contributed by atoms with Crippen molar-refractivity contribution in [2.75, 3.05) is 4.90 Å². The van der Waals surface area contributed by atoms with Crippen LogP contribution >= 0.6 is 0 Å². The SMILES string of the molecule is c1ccc(-c2ccc(N(c3ccc(-c4ccc(-c5ccc6c(c5)-c5ccccc5C65C6CC7CC(C6)CC5C7)cc4)cc3)c3ccc(-c4cccc5ccccc45)cc3)cc2)cc1. The summed E-state index contributed by atoms with van der Waals surface area (Å²) in [4.78, 5) is 2.37. The van der Waals surface area contributed by atoms with Gasteiger partial charge >= 0.3 is 0 Å². The monoisotopic (exact) mass is 807 g/mol. The summed E-state index contributed by atoms with van der Waals surface area (Å²) < 4.78 is 0. The van der Waals surface area contributed by atoms with Crippen molar-refractivity contribution >= 4 is 27.8 Å². The maximum atomic E-state index is 2.54. The van der Waals surface area contributed by atoms with Crippen molar-refractivity contribution in [1.82, 2.24) is 0 Å². The lowest BCUT2D eigenvalue weighted by Gasteiger charge is -2.61. The molecule has 0 radical (unpaired) electrons. The van der Waals surface area contributed by atoms with E-state index in [1.54, 1.807) is 11.1 Å². The van der Waals surface area contributed by atoms with Crippen LogP contribution in [0.4, 0.5) is 17.1 Å². The smallest absolute Gasteiger partial charge is 0.0462 e. The molecule has 5 aliphatic carbocycles. The third kappa shape index (κ3) is 5.90. The molecule has 0 heterocycles. The number of hydrogen-bond acceptors (Lipinski definition) is 1. The summed E-state index contributed by atoms with van der Waals surface area (Å²) in [6, 6.07) is 79.1. The third-order valence-corrected chi connectivity index (χ3v) is 15.7. The highest BCUT2D eigenvalue weighted by Gasteiger charge is 2.61. The van der Waals surface area contributed by atoms with Gasteiger partial charge in [0.2, 0.25) is 0 Å². The molecule has 302 valence electrons. The summed E-state index contributed by atoms with van der Waals surface area (Å²) in [5.74, 6) is 3.50. The van der Waals surface area contributed by atoms with E-state index < -0.39 is 0 Å². The van der Waals surface area contributed by atoms with Crippen LogP contribution in [0.5, 0.6) is 0 Å². The minimum atomic E-state index is 0.218. The lowest BCUT2D eigenvalue weighted by molar-refractivity contribution is -0.0399. The van der Waals surface area contributed by atoms with E-state index in [9.17, 15) is 0 Å². The van der Waals surface area contributed by atoms with E-state index in [2.05, 4.69) is 217 Å². The minimum absolute atomic E-state index is 0.218. The van der Waals surface area contributed by atoms with Gasteiger partial charge in [-0.15, -0.1) is 0 Å². The van der Waals surface area contributed by atoms with E-state index in [0.717, 1.165) is 40.7 Å². The molecule has 4 saturated carbocycles. The molecule has 9 aromatic carbocycles. The maximum absolute atomic E-state index is 2.54. The molecule has 0 aliphatic heterocycles. The molecule has 63 heavy (non-hydrogen) atoms. The number of nitrogens with zero attached hydrogens (tertiary/aromatic N) is 1. The predicted octanol–water partition coefficient (Wildman–Crippen LogP) is 16.7. The zero-order valence-corrected chi connectivity index (χ0v) is 35.5. The van der Waals surface area contributed by atoms with Crippen molar-refractivity contribution in [2.45, 2.75) is 37.5 Å². The number of anilines is 3. The highest BCUT2D eigenvalue weighted by Crippen LogP contribution is 2.69. The van der Waals surface area contributed by atoms with E-state index in [1.807, 2.05) is 0 Å². The minimum Gasteiger partial charge on any atom is -0.311 e. The summed E-state index contributed by atoms with van der Waals surface area (Å²) in [6.07, 6.45) is 7.17. The van der Waals surface area contributed by atoms with Gasteiger partial charge in [0.1, 0.15) is 0 Å². The Bertz CT molecular complexity index is 3110. The zero-order valence-electron chi connectivity index (χ0n) is 35.5. The first-order chi connectivity index (χ1) is 31.2. The number of benzene rings is 9. The van der Waals surface area contributed by atoms with Gasteiger partial charge in [0, 0.05) is 22.5 Å². The molecule has 0 N–H and O–H groups in total. The molecule has 0 saturated heterocycles. The Hall–Kier alpha value is -6.96. The van der Waals surface area contributed by atoms with E-state index in [-0.39, 0.29) is 5.41 Å². The maximum Gasteiger partial charge on any atom is 0.0462 e. The van der Waals surface area contributed by atoms with Crippen molar-refractivity contribution in [2.24, 2.45) is 23.7 Å². The van der Waals surface area contributed by atoms with Crippen LogP contribution in [0.15, 0.2) is 212 Å². The summed E-state index contributed by atoms with van der Waals surface area (Å²) in [5.41, 5.74) is 19.7. The van der Waals surface area contributed by atoms with Crippen molar-refractivity contribution < 1.29 is 0 Å². The molecular weight excluding hydrogens is 759 g/mol. The van der Waals surface area contributed by atoms with Gasteiger partial charge in [0.15, 0.2) is 0 Å². The summed E-state index contributed by atoms with van der Waals surface area (Å²) >= 11 is 0. The van der Waals surface area contributed by atoms with Crippen LogP contribution in [0, 0.1) is 23.7 Å². The fourth-order valence-corrected chi connectivity index (χ4v) is 13.1. The fourth-order valence-electron chi connectivity index (χ4n) is 13.1. The van der Waals surface area contributed by atoms with Crippen molar-refractivity contribution in [3.05, 3.63) is 223 Å². The van der Waals surface area contributed by atoms with E-state index in [1.165, 1.54) is 98.5 Å². The van der Waals surface area contributed by atoms with Gasteiger partial charge in [-0.1, -0.05) is 170 Å². The molecule has 9 aromatic rings. The molecule has 1 heteroatoms. The summed E-state index contributed by atoms with van der Waals surface area (Å²) in [5, 5.41) is 2.53. The molecule has 1 spiro atoms. The van der Waals surface area contributed by atoms with Crippen molar-refractivity contribution in [3.8, 4) is 55.6 Å². The summed E-state index contributed by atoms with van der Waals surface area (Å²) in [7, 11) is 0. The number of fused-ring (bicyclic) bond motifs is 4. The molecule has 0 unspecified atom stereocenters. The van der Waals surface area contributed by atoms with Crippen LogP contribution in [0.3, 0.4) is 0 Å². The first-order valence-corrected chi connectivity index (χ1v) is 23.2. The summed E-state index contributed by atoms with van der Waals surface area (Å²) in [6.45, 7) is 0. The Morgan fingerprint density at radius 3 is 1.40 bits per heavy atom. The fraction of sp³-hybridized carbons (Fsp3) is 0.161. The average molecular weight is 808 g/mol. The number of hydrogen-bond donors (Lipinski definition) is 0. The molecule has 0 atom stereocenters. The Labute approximate surface area is 371 Å². The standard InChI is InChI=1S/C62H49N/c1-2-9-43(10-3-1)45-21-28-53(29-22-45)63(55-32-25-49(26-33-55)57-15-8-12-48-11-4-5-13-56(48)57)54-30-23-46(24-31-54)44-17-19-47(20-18-44)50-27-34-61-59(40-50)58-14-6-7-16-60(58)62(61)51-36-41-35-42(38-51)39-52(62)37-41/h1-34,40-42,51-52H,35-39H2. The van der Waals surface area contributed by atoms with Crippen molar-refractivity contribution in [1.29, 1.82) is 0 Å². The van der Waals surface area contributed by atoms with Gasteiger partial charge in [-0.05, 0) is 176 Å². The third-order valence-electron chi connectivity index (χ3n) is 15.7. The quantitative estimate of drug-likeness (QED) is 0.155. The van der Waals surface area contributed by atoms with Gasteiger partial charge < -0.3 is 4.90 Å². The molecule has 4 bridgehead atoms. The van der Waals surface area contributed by atoms with Gasteiger partial charge in [-0.2, -0.15) is 0 Å². The first kappa shape index (κ1) is 36.7. The largest absolute Gasteiger partial charge is 0.311 e. The average Bonchev–Trinajstić information content (AvgIpc) is 3.64. The second kappa shape index (κ2) is 14.6. The van der Waals surface area contributed by atoms with Gasteiger partial charge in [0.25, 0.3) is 0 Å². The Morgan fingerprint density at radius 2 is 0.762 bits per heavy atom. The molecule has 14 rings (SSSR count). The first-order valence-electron chi connectivity index (χ1n) is 23.2. The second-order valence-corrected chi connectivity index (χ2v) is 18.9. The van der Waals surface area contributed by atoms with Crippen LogP contribution in [0.25, 0.3) is 66.4 Å². The van der Waals surface area contributed by atoms with E-state index in [4.69, 9.17) is 0 Å². The lowest BCUT2D eigenvalue weighted by Crippen LogP contribution is -2.55.